The molecule has 1 atom stereocenters. The van der Waals surface area contributed by atoms with E-state index in [0.717, 1.165) is 5.56 Å². The summed E-state index contributed by atoms with van der Waals surface area (Å²) in [4.78, 5) is 36.6. The van der Waals surface area contributed by atoms with Crippen LogP contribution in [0.5, 0.6) is 5.75 Å². The quantitative estimate of drug-likeness (QED) is 0.522. The van der Waals surface area contributed by atoms with Gasteiger partial charge in [-0.1, -0.05) is 19.1 Å². The van der Waals surface area contributed by atoms with Crippen LogP contribution in [0.25, 0.3) is 0 Å². The second-order valence-electron chi connectivity index (χ2n) is 7.85. The second-order valence-corrected chi connectivity index (χ2v) is 7.85. The molecule has 1 aliphatic rings. The fraction of sp³-hybridized carbons (Fsp3) is 0.240. The Kier molecular flexibility index (Phi) is 6.26. The standard InChI is InChI=1S/C25H23FN2O5/c1-2-25(14-13-22(29)28-24(25)31)16-3-7-18(8-4-16)27-23(30)21-12-11-20(33-21)15-32-19-9-5-17(26)6-10-19/h3-12H,2,13-15H2,1H3,(H,27,30)(H,28,29,31). The lowest BCUT2D eigenvalue weighted by Gasteiger charge is -2.35. The minimum atomic E-state index is -0.753. The maximum Gasteiger partial charge on any atom is 0.291 e. The second kappa shape index (κ2) is 9.28. The molecule has 1 unspecified atom stereocenters. The van der Waals surface area contributed by atoms with Gasteiger partial charge in [0.25, 0.3) is 5.91 Å². The molecule has 2 aromatic carbocycles. The van der Waals surface area contributed by atoms with Crippen LogP contribution in [0.15, 0.2) is 65.1 Å². The lowest BCUT2D eigenvalue weighted by molar-refractivity contribution is -0.138. The zero-order valence-electron chi connectivity index (χ0n) is 18.0. The van der Waals surface area contributed by atoms with Gasteiger partial charge in [0.05, 0.1) is 5.41 Å². The van der Waals surface area contributed by atoms with Crippen molar-refractivity contribution in [3.63, 3.8) is 0 Å². The molecule has 1 fully saturated rings. The van der Waals surface area contributed by atoms with Gasteiger partial charge in [0, 0.05) is 12.1 Å². The smallest absolute Gasteiger partial charge is 0.291 e. The van der Waals surface area contributed by atoms with Gasteiger partial charge in [0.2, 0.25) is 11.8 Å². The number of ether oxygens (including phenoxy) is 1. The first-order valence-corrected chi connectivity index (χ1v) is 10.6. The van der Waals surface area contributed by atoms with Crippen molar-refractivity contribution in [1.82, 2.24) is 5.32 Å². The summed E-state index contributed by atoms with van der Waals surface area (Å²) in [7, 11) is 0. The van der Waals surface area contributed by atoms with E-state index in [4.69, 9.17) is 9.15 Å². The van der Waals surface area contributed by atoms with Gasteiger partial charge in [0.1, 0.15) is 23.9 Å². The number of halogens is 1. The molecule has 1 aromatic heterocycles. The molecule has 33 heavy (non-hydrogen) atoms. The number of piperidine rings is 1. The van der Waals surface area contributed by atoms with Crippen molar-refractivity contribution in [2.45, 2.75) is 38.2 Å². The van der Waals surface area contributed by atoms with E-state index in [1.807, 2.05) is 6.92 Å². The molecular formula is C25H23FN2O5. The number of nitrogens with one attached hydrogen (secondary N) is 2. The highest BCUT2D eigenvalue weighted by atomic mass is 19.1. The summed E-state index contributed by atoms with van der Waals surface area (Å²) in [6.07, 6.45) is 1.31. The van der Waals surface area contributed by atoms with Gasteiger partial charge < -0.3 is 14.5 Å². The van der Waals surface area contributed by atoms with Crippen molar-refractivity contribution in [1.29, 1.82) is 0 Å². The van der Waals surface area contributed by atoms with Gasteiger partial charge in [-0.3, -0.25) is 19.7 Å². The normalized spacial score (nSPS) is 18.0. The first-order chi connectivity index (χ1) is 15.9. The molecular weight excluding hydrogens is 427 g/mol. The SMILES string of the molecule is CCC1(c2ccc(NC(=O)c3ccc(COc4ccc(F)cc4)o3)cc2)CCC(=O)NC1=O. The Morgan fingerprint density at radius 2 is 1.82 bits per heavy atom. The van der Waals surface area contributed by atoms with Crippen molar-refractivity contribution >= 4 is 23.4 Å². The summed E-state index contributed by atoms with van der Waals surface area (Å²) in [5, 5.41) is 5.19. The Hall–Kier alpha value is -3.94. The Morgan fingerprint density at radius 3 is 2.48 bits per heavy atom. The Bertz CT molecular complexity index is 1170. The number of hydrogen-bond donors (Lipinski definition) is 2. The molecule has 1 saturated heterocycles. The van der Waals surface area contributed by atoms with Gasteiger partial charge in [-0.25, -0.2) is 4.39 Å². The first-order valence-electron chi connectivity index (χ1n) is 10.6. The van der Waals surface area contributed by atoms with E-state index >= 15 is 0 Å². The lowest BCUT2D eigenvalue weighted by Crippen LogP contribution is -2.51. The largest absolute Gasteiger partial charge is 0.486 e. The number of carbonyl (C=O) groups is 3. The summed E-state index contributed by atoms with van der Waals surface area (Å²) in [5.41, 5.74) is 0.589. The number of anilines is 1. The summed E-state index contributed by atoms with van der Waals surface area (Å²) in [6, 6.07) is 15.8. The molecule has 0 saturated carbocycles. The van der Waals surface area contributed by atoms with E-state index in [9.17, 15) is 18.8 Å². The Morgan fingerprint density at radius 1 is 1.09 bits per heavy atom. The highest BCUT2D eigenvalue weighted by molar-refractivity contribution is 6.04. The van der Waals surface area contributed by atoms with Gasteiger partial charge in [0.15, 0.2) is 5.76 Å². The molecule has 0 bridgehead atoms. The molecule has 8 heteroatoms. The number of rotatable bonds is 7. The van der Waals surface area contributed by atoms with E-state index in [1.54, 1.807) is 36.4 Å². The van der Waals surface area contributed by atoms with Crippen LogP contribution in [-0.4, -0.2) is 17.7 Å². The van der Waals surface area contributed by atoms with Crippen LogP contribution in [0.4, 0.5) is 10.1 Å². The fourth-order valence-electron chi connectivity index (χ4n) is 3.89. The van der Waals surface area contributed by atoms with Crippen molar-refractivity contribution in [3.05, 3.63) is 83.6 Å². The van der Waals surface area contributed by atoms with E-state index in [-0.39, 0.29) is 30.0 Å². The first kappa shape index (κ1) is 22.3. The Labute approximate surface area is 189 Å². The van der Waals surface area contributed by atoms with Crippen molar-refractivity contribution in [3.8, 4) is 5.75 Å². The third kappa shape index (κ3) is 4.79. The van der Waals surface area contributed by atoms with Crippen LogP contribution in [-0.2, 0) is 21.6 Å². The van der Waals surface area contributed by atoms with Gasteiger partial charge in [-0.15, -0.1) is 0 Å². The number of furan rings is 1. The molecule has 0 aliphatic carbocycles. The fourth-order valence-corrected chi connectivity index (χ4v) is 3.89. The zero-order valence-corrected chi connectivity index (χ0v) is 18.0. The van der Waals surface area contributed by atoms with E-state index in [1.165, 1.54) is 24.3 Å². The summed E-state index contributed by atoms with van der Waals surface area (Å²) < 4.78 is 24.0. The molecule has 170 valence electrons. The predicted molar refractivity (Wildman–Crippen MR) is 118 cm³/mol. The average molecular weight is 450 g/mol. The molecule has 2 N–H and O–H groups in total. The number of carbonyl (C=O) groups excluding carboxylic acids is 3. The lowest BCUT2D eigenvalue weighted by atomic mass is 9.72. The molecule has 4 rings (SSSR count). The number of imide groups is 1. The zero-order chi connectivity index (χ0) is 23.4. The third-order valence-electron chi connectivity index (χ3n) is 5.85. The maximum absolute atomic E-state index is 13.0. The van der Waals surface area contributed by atoms with Crippen LogP contribution in [0, 0.1) is 5.82 Å². The van der Waals surface area contributed by atoms with Crippen LogP contribution in [0.1, 0.15) is 48.1 Å². The summed E-state index contributed by atoms with van der Waals surface area (Å²) >= 11 is 0. The summed E-state index contributed by atoms with van der Waals surface area (Å²) in [5.74, 6) is -0.275. The Balaban J connectivity index is 1.38. The van der Waals surface area contributed by atoms with Gasteiger partial charge in [-0.2, -0.15) is 0 Å². The van der Waals surface area contributed by atoms with Crippen molar-refractivity contribution in [2.75, 3.05) is 5.32 Å². The third-order valence-corrected chi connectivity index (χ3v) is 5.85. The molecule has 1 aliphatic heterocycles. The number of benzene rings is 2. The molecule has 3 amide bonds. The molecule has 0 spiro atoms. The highest BCUT2D eigenvalue weighted by Gasteiger charge is 2.42. The molecule has 0 radical (unpaired) electrons. The topological polar surface area (TPSA) is 97.6 Å². The van der Waals surface area contributed by atoms with Crippen molar-refractivity contribution < 1.29 is 27.9 Å². The van der Waals surface area contributed by atoms with E-state index in [0.29, 0.717) is 36.5 Å². The molecule has 7 nitrogen and oxygen atoms in total. The minimum absolute atomic E-state index is 0.0945. The molecule has 2 heterocycles. The van der Waals surface area contributed by atoms with Gasteiger partial charge >= 0.3 is 0 Å². The van der Waals surface area contributed by atoms with Crippen LogP contribution < -0.4 is 15.4 Å². The van der Waals surface area contributed by atoms with Crippen LogP contribution in [0.3, 0.4) is 0 Å². The monoisotopic (exact) mass is 450 g/mol. The van der Waals surface area contributed by atoms with E-state index in [2.05, 4.69) is 10.6 Å². The highest BCUT2D eigenvalue weighted by Crippen LogP contribution is 2.36. The van der Waals surface area contributed by atoms with Crippen LogP contribution in [0.2, 0.25) is 0 Å². The van der Waals surface area contributed by atoms with Crippen LogP contribution >= 0.6 is 0 Å². The molecule has 3 aromatic rings. The maximum atomic E-state index is 13.0. The predicted octanol–water partition coefficient (Wildman–Crippen LogP) is 4.33. The van der Waals surface area contributed by atoms with E-state index < -0.39 is 11.3 Å². The number of hydrogen-bond acceptors (Lipinski definition) is 5. The van der Waals surface area contributed by atoms with Gasteiger partial charge in [-0.05, 0) is 66.9 Å². The minimum Gasteiger partial charge on any atom is -0.486 e. The summed E-state index contributed by atoms with van der Waals surface area (Å²) in [6.45, 7) is 2.01. The number of amides is 3. The average Bonchev–Trinajstić information content (AvgIpc) is 3.29. The van der Waals surface area contributed by atoms with Crippen molar-refractivity contribution in [2.24, 2.45) is 0 Å².